The van der Waals surface area contributed by atoms with Crippen molar-refractivity contribution in [1.82, 2.24) is 19.7 Å². The fourth-order valence-corrected chi connectivity index (χ4v) is 3.56. The molecule has 0 spiro atoms. The molecule has 33 heavy (non-hydrogen) atoms. The Morgan fingerprint density at radius 2 is 1.94 bits per heavy atom. The number of hydrogen-bond acceptors (Lipinski definition) is 8. The molecule has 0 aliphatic carbocycles. The second-order valence-electron chi connectivity index (χ2n) is 7.44. The van der Waals surface area contributed by atoms with Crippen molar-refractivity contribution in [2.24, 2.45) is 7.05 Å². The van der Waals surface area contributed by atoms with Gasteiger partial charge in [0, 0.05) is 40.8 Å². The Labute approximate surface area is 192 Å². The van der Waals surface area contributed by atoms with Crippen LogP contribution in [-0.2, 0) is 17.6 Å². The van der Waals surface area contributed by atoms with Crippen LogP contribution in [0.2, 0.25) is 0 Å². The normalized spacial score (nSPS) is 12.6. The van der Waals surface area contributed by atoms with Crippen LogP contribution in [0.3, 0.4) is 0 Å². The maximum absolute atomic E-state index is 11.3. The van der Waals surface area contributed by atoms with Crippen LogP contribution < -0.4 is 10.6 Å². The number of rotatable bonds is 6. The van der Waals surface area contributed by atoms with E-state index in [2.05, 4.69) is 37.5 Å². The van der Waals surface area contributed by atoms with Gasteiger partial charge in [-0.05, 0) is 43.3 Å². The molecule has 2 aromatic carbocycles. The third-order valence-corrected chi connectivity index (χ3v) is 5.57. The number of benzene rings is 2. The number of hydrogen-bond donors (Lipinski definition) is 5. The van der Waals surface area contributed by atoms with Gasteiger partial charge in [-0.2, -0.15) is 10.1 Å². The van der Waals surface area contributed by atoms with Gasteiger partial charge in [0.05, 0.1) is 34.5 Å². The van der Waals surface area contributed by atoms with E-state index >= 15 is 0 Å². The average molecular weight is 462 g/mol. The molecule has 0 bridgehead atoms. The van der Waals surface area contributed by atoms with Crippen LogP contribution in [0, 0.1) is 16.6 Å². The SMILES string of the molecule is C[C@H](CO)Nc1nc(Nc2ccc([SH](=N)=O)cc2)ncc1C#Cc1cccc2nn(C)cc12. The summed E-state index contributed by atoms with van der Waals surface area (Å²) in [6.45, 7) is 1.77. The first-order chi connectivity index (χ1) is 15.9. The highest BCUT2D eigenvalue weighted by Crippen LogP contribution is 2.20. The number of aliphatic hydroxyl groups excluding tert-OH is 1. The van der Waals surface area contributed by atoms with E-state index in [-0.39, 0.29) is 12.6 Å². The van der Waals surface area contributed by atoms with Gasteiger partial charge in [0.1, 0.15) is 5.82 Å². The van der Waals surface area contributed by atoms with Crippen LogP contribution in [0.4, 0.5) is 17.5 Å². The van der Waals surface area contributed by atoms with Gasteiger partial charge in [-0.25, -0.2) is 9.19 Å². The molecule has 4 aromatic rings. The molecule has 1 unspecified atom stereocenters. The lowest BCUT2D eigenvalue weighted by Crippen LogP contribution is -2.21. The summed E-state index contributed by atoms with van der Waals surface area (Å²) < 4.78 is 20.4. The number of anilines is 3. The third kappa shape index (κ3) is 5.28. The number of fused-ring (bicyclic) bond motifs is 1. The zero-order chi connectivity index (χ0) is 23.4. The Hall–Kier alpha value is -3.94. The van der Waals surface area contributed by atoms with Crippen LogP contribution in [0.1, 0.15) is 18.1 Å². The molecule has 2 heterocycles. The minimum atomic E-state index is -2.14. The summed E-state index contributed by atoms with van der Waals surface area (Å²) in [6, 6.07) is 12.2. The highest BCUT2D eigenvalue weighted by atomic mass is 32.2. The topological polar surface area (TPSA) is 129 Å². The van der Waals surface area contributed by atoms with E-state index in [9.17, 15) is 9.32 Å². The first-order valence-electron chi connectivity index (χ1n) is 10.2. The summed E-state index contributed by atoms with van der Waals surface area (Å²) in [5.74, 6) is 7.15. The molecule has 0 saturated carbocycles. The van der Waals surface area contributed by atoms with Crippen molar-refractivity contribution in [3.63, 3.8) is 0 Å². The second-order valence-corrected chi connectivity index (χ2v) is 8.55. The van der Waals surface area contributed by atoms with Gasteiger partial charge in [0.2, 0.25) is 5.95 Å². The van der Waals surface area contributed by atoms with Crippen LogP contribution in [0.5, 0.6) is 0 Å². The summed E-state index contributed by atoms with van der Waals surface area (Å²) in [5.41, 5.74) is 2.99. The van der Waals surface area contributed by atoms with E-state index in [1.807, 2.05) is 38.4 Å². The van der Waals surface area contributed by atoms with E-state index < -0.39 is 10.6 Å². The fourth-order valence-electron chi connectivity index (χ4n) is 3.14. The lowest BCUT2D eigenvalue weighted by atomic mass is 10.1. The summed E-state index contributed by atoms with van der Waals surface area (Å²) in [6.07, 6.45) is 3.55. The molecule has 0 saturated heterocycles. The molecule has 4 N–H and O–H groups in total. The van der Waals surface area contributed by atoms with Crippen molar-refractivity contribution in [3.8, 4) is 11.8 Å². The Balaban J connectivity index is 1.66. The van der Waals surface area contributed by atoms with Crippen molar-refractivity contribution in [1.29, 1.82) is 4.78 Å². The summed E-state index contributed by atoms with van der Waals surface area (Å²) >= 11 is 0. The largest absolute Gasteiger partial charge is 0.394 e. The van der Waals surface area contributed by atoms with Crippen molar-refractivity contribution in [2.45, 2.75) is 17.9 Å². The first kappa shape index (κ1) is 22.3. The molecule has 0 radical (unpaired) electrons. The predicted octanol–water partition coefficient (Wildman–Crippen LogP) is 2.90. The number of aromatic nitrogens is 4. The van der Waals surface area contributed by atoms with E-state index in [1.54, 1.807) is 35.1 Å². The van der Waals surface area contributed by atoms with Gasteiger partial charge in [0.15, 0.2) is 0 Å². The van der Waals surface area contributed by atoms with E-state index in [1.165, 1.54) is 0 Å². The monoisotopic (exact) mass is 461 g/mol. The lowest BCUT2D eigenvalue weighted by Gasteiger charge is -2.14. The van der Waals surface area contributed by atoms with Crippen molar-refractivity contribution in [3.05, 3.63) is 66.0 Å². The maximum atomic E-state index is 11.3. The van der Waals surface area contributed by atoms with Gasteiger partial charge in [-0.1, -0.05) is 17.9 Å². The smallest absolute Gasteiger partial charge is 0.229 e. The number of aryl methyl sites for hydroxylation is 1. The van der Waals surface area contributed by atoms with Gasteiger partial charge < -0.3 is 15.7 Å². The molecule has 168 valence electrons. The molecule has 4 rings (SSSR count). The Bertz CT molecular complexity index is 1420. The molecule has 0 aliphatic heterocycles. The van der Waals surface area contributed by atoms with E-state index in [4.69, 9.17) is 4.78 Å². The summed E-state index contributed by atoms with van der Waals surface area (Å²) in [5, 5.41) is 21.1. The van der Waals surface area contributed by atoms with Crippen LogP contribution in [-0.4, -0.2) is 41.7 Å². The molecular weight excluding hydrogens is 438 g/mol. The summed E-state index contributed by atoms with van der Waals surface area (Å²) in [7, 11) is -0.265. The number of thiol groups is 1. The Morgan fingerprint density at radius 3 is 2.67 bits per heavy atom. The summed E-state index contributed by atoms with van der Waals surface area (Å²) in [4.78, 5) is 9.35. The molecule has 2 atom stereocenters. The zero-order valence-electron chi connectivity index (χ0n) is 18.1. The quantitative estimate of drug-likeness (QED) is 0.221. The van der Waals surface area contributed by atoms with E-state index in [0.717, 1.165) is 16.5 Å². The van der Waals surface area contributed by atoms with Crippen molar-refractivity contribution < 1.29 is 9.32 Å². The average Bonchev–Trinajstić information content (AvgIpc) is 3.19. The number of nitrogens with zero attached hydrogens (tertiary/aromatic N) is 4. The molecule has 0 amide bonds. The van der Waals surface area contributed by atoms with Crippen molar-refractivity contribution in [2.75, 3.05) is 17.2 Å². The molecule has 10 heteroatoms. The van der Waals surface area contributed by atoms with Gasteiger partial charge in [-0.15, -0.1) is 0 Å². The van der Waals surface area contributed by atoms with Crippen LogP contribution >= 0.6 is 0 Å². The maximum Gasteiger partial charge on any atom is 0.229 e. The minimum Gasteiger partial charge on any atom is -0.394 e. The molecule has 9 nitrogen and oxygen atoms in total. The van der Waals surface area contributed by atoms with Gasteiger partial charge in [-0.3, -0.25) is 9.46 Å². The van der Waals surface area contributed by atoms with Crippen molar-refractivity contribution >= 4 is 39.0 Å². The molecular formula is C23H23N7O2S. The zero-order valence-corrected chi connectivity index (χ0v) is 19.0. The number of nitrogens with one attached hydrogen (secondary N) is 3. The van der Waals surface area contributed by atoms with Gasteiger partial charge >= 0.3 is 0 Å². The van der Waals surface area contributed by atoms with Crippen LogP contribution in [0.15, 0.2) is 59.8 Å². The standard InChI is InChI=1S/C23H23N7O2S/c1-15(14-31)26-22-17(7-6-16-4-3-5-21-20(16)13-30(2)29-21)12-25-23(28-22)27-18-8-10-19(11-9-18)33(24)32/h3-5,8-13,15,24,31,33H,14H2,1-2H3,(H2,25,26,27,28)/t15-/m1/s1. The first-order valence-corrected chi connectivity index (χ1v) is 11.4. The highest BCUT2D eigenvalue weighted by Gasteiger charge is 2.10. The van der Waals surface area contributed by atoms with E-state index in [0.29, 0.717) is 27.9 Å². The molecule has 2 aromatic heterocycles. The minimum absolute atomic E-state index is 0.0681. The second kappa shape index (κ2) is 9.68. The predicted molar refractivity (Wildman–Crippen MR) is 129 cm³/mol. The molecule has 0 aliphatic rings. The fraction of sp³-hybridized carbons (Fsp3) is 0.174. The molecule has 0 fully saturated rings. The third-order valence-electron chi connectivity index (χ3n) is 4.80. The lowest BCUT2D eigenvalue weighted by molar-refractivity contribution is 0.281. The highest BCUT2D eigenvalue weighted by molar-refractivity contribution is 7.73. The Kier molecular flexibility index (Phi) is 6.53. The van der Waals surface area contributed by atoms with Gasteiger partial charge in [0.25, 0.3) is 0 Å². The van der Waals surface area contributed by atoms with Crippen LogP contribution in [0.25, 0.3) is 10.9 Å². The Morgan fingerprint density at radius 1 is 1.18 bits per heavy atom. The number of aliphatic hydroxyl groups is 1.